The van der Waals surface area contributed by atoms with Gasteiger partial charge in [0.25, 0.3) is 0 Å². The maximum atomic E-state index is 13.5. The first kappa shape index (κ1) is 14.3. The van der Waals surface area contributed by atoms with E-state index in [1.165, 1.54) is 6.07 Å². The third-order valence-corrected chi connectivity index (χ3v) is 3.60. The molecule has 2 aromatic carbocycles. The average molecular weight is 299 g/mol. The fourth-order valence-electron chi connectivity index (χ4n) is 1.83. The monoisotopic (exact) mass is 298 g/mol. The molecule has 0 amide bonds. The number of aliphatic hydroxyl groups is 1. The van der Waals surface area contributed by atoms with E-state index in [1.807, 2.05) is 0 Å². The van der Waals surface area contributed by atoms with Crippen LogP contribution in [0.1, 0.15) is 22.8 Å². The van der Waals surface area contributed by atoms with Crippen LogP contribution in [0.15, 0.2) is 36.4 Å². The van der Waals surface area contributed by atoms with Crippen molar-refractivity contribution >= 4 is 23.2 Å². The van der Waals surface area contributed by atoms with Gasteiger partial charge in [-0.05, 0) is 41.8 Å². The molecule has 0 aliphatic heterocycles. The van der Waals surface area contributed by atoms with Crippen LogP contribution in [0.2, 0.25) is 10.0 Å². The molecule has 4 heteroatoms. The second-order valence-electron chi connectivity index (χ2n) is 4.46. The van der Waals surface area contributed by atoms with Crippen molar-refractivity contribution in [3.8, 4) is 0 Å². The number of hydrogen-bond acceptors (Lipinski definition) is 1. The van der Waals surface area contributed by atoms with E-state index in [9.17, 15) is 9.50 Å². The van der Waals surface area contributed by atoms with Gasteiger partial charge in [0.15, 0.2) is 0 Å². The maximum absolute atomic E-state index is 13.5. The molecule has 1 N–H and O–H groups in total. The minimum atomic E-state index is -0.797. The minimum absolute atomic E-state index is 0.318. The number of halogens is 3. The predicted molar refractivity (Wildman–Crippen MR) is 76.3 cm³/mol. The molecule has 0 heterocycles. The first-order chi connectivity index (χ1) is 8.97. The molecular formula is C15H13Cl2FO. The van der Waals surface area contributed by atoms with Crippen molar-refractivity contribution in [2.24, 2.45) is 0 Å². The summed E-state index contributed by atoms with van der Waals surface area (Å²) in [7, 11) is 0. The van der Waals surface area contributed by atoms with Crippen molar-refractivity contribution < 1.29 is 9.50 Å². The van der Waals surface area contributed by atoms with Gasteiger partial charge in [-0.15, -0.1) is 0 Å². The molecule has 2 rings (SSSR count). The fourth-order valence-corrected chi connectivity index (χ4v) is 2.32. The number of rotatable bonds is 3. The van der Waals surface area contributed by atoms with Crippen LogP contribution in [0.25, 0.3) is 0 Å². The zero-order valence-electron chi connectivity index (χ0n) is 10.3. The van der Waals surface area contributed by atoms with E-state index in [4.69, 9.17) is 23.2 Å². The van der Waals surface area contributed by atoms with Crippen LogP contribution in [-0.4, -0.2) is 5.11 Å². The lowest BCUT2D eigenvalue weighted by molar-refractivity contribution is 0.178. The second-order valence-corrected chi connectivity index (χ2v) is 5.31. The molecular weight excluding hydrogens is 286 g/mol. The Kier molecular flexibility index (Phi) is 4.46. The molecule has 1 nitrogen and oxygen atoms in total. The van der Waals surface area contributed by atoms with Gasteiger partial charge in [-0.3, -0.25) is 0 Å². The topological polar surface area (TPSA) is 20.2 Å². The second kappa shape index (κ2) is 5.91. The van der Waals surface area contributed by atoms with Gasteiger partial charge < -0.3 is 5.11 Å². The molecule has 19 heavy (non-hydrogen) atoms. The molecule has 2 aromatic rings. The SMILES string of the molecule is Cc1ccc(C(O)Cc2ccc(Cl)cc2Cl)cc1F. The molecule has 0 saturated heterocycles. The van der Waals surface area contributed by atoms with Crippen LogP contribution in [-0.2, 0) is 6.42 Å². The number of hydrogen-bond donors (Lipinski definition) is 1. The van der Waals surface area contributed by atoms with Gasteiger partial charge in [0.1, 0.15) is 5.82 Å². The Morgan fingerprint density at radius 3 is 2.53 bits per heavy atom. The fraction of sp³-hybridized carbons (Fsp3) is 0.200. The lowest BCUT2D eigenvalue weighted by Gasteiger charge is -2.13. The first-order valence-electron chi connectivity index (χ1n) is 5.85. The van der Waals surface area contributed by atoms with Crippen LogP contribution < -0.4 is 0 Å². The molecule has 0 fully saturated rings. The van der Waals surface area contributed by atoms with Gasteiger partial charge in [0.05, 0.1) is 6.10 Å². The van der Waals surface area contributed by atoms with E-state index < -0.39 is 6.10 Å². The predicted octanol–water partition coefficient (Wildman–Crippen LogP) is 4.72. The van der Waals surface area contributed by atoms with Crippen molar-refractivity contribution in [1.29, 1.82) is 0 Å². The number of aryl methyl sites for hydroxylation is 1. The smallest absolute Gasteiger partial charge is 0.126 e. The molecule has 0 saturated carbocycles. The Labute approximate surface area is 121 Å². The van der Waals surface area contributed by atoms with Crippen LogP contribution in [0, 0.1) is 12.7 Å². The Morgan fingerprint density at radius 2 is 1.89 bits per heavy atom. The summed E-state index contributed by atoms with van der Waals surface area (Å²) in [5, 5.41) is 11.2. The van der Waals surface area contributed by atoms with Gasteiger partial charge in [-0.25, -0.2) is 4.39 Å². The van der Waals surface area contributed by atoms with E-state index in [0.717, 1.165) is 5.56 Å². The third kappa shape index (κ3) is 3.47. The summed E-state index contributed by atoms with van der Waals surface area (Å²) >= 11 is 11.9. The summed E-state index contributed by atoms with van der Waals surface area (Å²) in [6.07, 6.45) is -0.479. The van der Waals surface area contributed by atoms with Crippen LogP contribution >= 0.6 is 23.2 Å². The van der Waals surface area contributed by atoms with Crippen molar-refractivity contribution in [2.45, 2.75) is 19.4 Å². The molecule has 100 valence electrons. The Balaban J connectivity index is 2.20. The minimum Gasteiger partial charge on any atom is -0.388 e. The molecule has 1 unspecified atom stereocenters. The quantitative estimate of drug-likeness (QED) is 0.869. The highest BCUT2D eigenvalue weighted by atomic mass is 35.5. The Bertz CT molecular complexity index is 599. The van der Waals surface area contributed by atoms with E-state index >= 15 is 0 Å². The highest BCUT2D eigenvalue weighted by Gasteiger charge is 2.12. The van der Waals surface area contributed by atoms with E-state index in [1.54, 1.807) is 37.3 Å². The lowest BCUT2D eigenvalue weighted by atomic mass is 10.0. The van der Waals surface area contributed by atoms with Crippen LogP contribution in [0.4, 0.5) is 4.39 Å². The van der Waals surface area contributed by atoms with Gasteiger partial charge in [-0.2, -0.15) is 0 Å². The highest BCUT2D eigenvalue weighted by molar-refractivity contribution is 6.35. The molecule has 0 aliphatic rings. The zero-order valence-corrected chi connectivity index (χ0v) is 11.8. The summed E-state index contributed by atoms with van der Waals surface area (Å²) in [4.78, 5) is 0. The molecule has 0 radical (unpaired) electrons. The average Bonchev–Trinajstić information content (AvgIpc) is 2.36. The van der Waals surface area contributed by atoms with Gasteiger partial charge in [0.2, 0.25) is 0 Å². The largest absolute Gasteiger partial charge is 0.388 e. The number of aliphatic hydroxyl groups excluding tert-OH is 1. The molecule has 1 atom stereocenters. The normalized spacial score (nSPS) is 12.5. The number of benzene rings is 2. The van der Waals surface area contributed by atoms with Crippen LogP contribution in [0.3, 0.4) is 0 Å². The van der Waals surface area contributed by atoms with Gasteiger partial charge >= 0.3 is 0 Å². The van der Waals surface area contributed by atoms with Crippen molar-refractivity contribution in [3.63, 3.8) is 0 Å². The standard InChI is InChI=1S/C15H13Cl2FO/c1-9-2-3-11(6-14(9)18)15(19)7-10-4-5-12(16)8-13(10)17/h2-6,8,15,19H,7H2,1H3. The van der Waals surface area contributed by atoms with Crippen molar-refractivity contribution in [2.75, 3.05) is 0 Å². The zero-order chi connectivity index (χ0) is 14.0. The molecule has 0 bridgehead atoms. The molecule has 0 aromatic heterocycles. The summed E-state index contributed by atoms with van der Waals surface area (Å²) in [5.74, 6) is -0.321. The van der Waals surface area contributed by atoms with Crippen molar-refractivity contribution in [1.82, 2.24) is 0 Å². The summed E-state index contributed by atoms with van der Waals surface area (Å²) in [6, 6.07) is 9.82. The van der Waals surface area contributed by atoms with E-state index in [0.29, 0.717) is 27.6 Å². The van der Waals surface area contributed by atoms with Crippen molar-refractivity contribution in [3.05, 3.63) is 69.0 Å². The molecule has 0 spiro atoms. The summed E-state index contributed by atoms with van der Waals surface area (Å²) in [6.45, 7) is 1.68. The lowest BCUT2D eigenvalue weighted by Crippen LogP contribution is -2.03. The Hall–Kier alpha value is -1.09. The Morgan fingerprint density at radius 1 is 1.16 bits per heavy atom. The first-order valence-corrected chi connectivity index (χ1v) is 6.61. The molecule has 0 aliphatic carbocycles. The third-order valence-electron chi connectivity index (χ3n) is 3.01. The van der Waals surface area contributed by atoms with Gasteiger partial charge in [0, 0.05) is 16.5 Å². The summed E-state index contributed by atoms with van der Waals surface area (Å²) < 4.78 is 13.5. The maximum Gasteiger partial charge on any atom is 0.126 e. The van der Waals surface area contributed by atoms with E-state index in [2.05, 4.69) is 0 Å². The van der Waals surface area contributed by atoms with Crippen LogP contribution in [0.5, 0.6) is 0 Å². The van der Waals surface area contributed by atoms with Gasteiger partial charge in [-0.1, -0.05) is 41.4 Å². The summed E-state index contributed by atoms with van der Waals surface area (Å²) in [5.41, 5.74) is 1.87. The van der Waals surface area contributed by atoms with E-state index in [-0.39, 0.29) is 5.82 Å². The highest BCUT2D eigenvalue weighted by Crippen LogP contribution is 2.26.